The summed E-state index contributed by atoms with van der Waals surface area (Å²) in [5.74, 6) is -0.285. The van der Waals surface area contributed by atoms with Gasteiger partial charge in [-0.25, -0.2) is 9.79 Å². The van der Waals surface area contributed by atoms with Gasteiger partial charge in [0.25, 0.3) is 5.91 Å². The Balaban J connectivity index is 1.91. The third kappa shape index (κ3) is 5.28. The number of aliphatic imine (C=N–C) groups is 1. The van der Waals surface area contributed by atoms with Crippen LogP contribution < -0.4 is 9.47 Å². The van der Waals surface area contributed by atoms with Gasteiger partial charge in [0.15, 0.2) is 23.3 Å². The molecule has 2 aromatic rings. The van der Waals surface area contributed by atoms with E-state index in [0.717, 1.165) is 5.56 Å². The van der Waals surface area contributed by atoms with Crippen molar-refractivity contribution < 1.29 is 24.2 Å². The molecule has 0 aliphatic carbocycles. The fourth-order valence-corrected chi connectivity index (χ4v) is 4.01. The maximum Gasteiger partial charge on any atom is 0.335 e. The predicted molar refractivity (Wildman–Crippen MR) is 122 cm³/mol. The van der Waals surface area contributed by atoms with E-state index in [0.29, 0.717) is 40.4 Å². The molecule has 0 aromatic heterocycles. The summed E-state index contributed by atoms with van der Waals surface area (Å²) < 4.78 is 11.0. The van der Waals surface area contributed by atoms with Crippen LogP contribution in [-0.2, 0) is 4.79 Å². The smallest absolute Gasteiger partial charge is 0.335 e. The van der Waals surface area contributed by atoms with Gasteiger partial charge >= 0.3 is 5.97 Å². The molecule has 3 rings (SSSR count). The van der Waals surface area contributed by atoms with Gasteiger partial charge in [-0.2, -0.15) is 5.26 Å². The summed E-state index contributed by atoms with van der Waals surface area (Å²) >= 11 is 1.22. The van der Waals surface area contributed by atoms with E-state index in [1.54, 1.807) is 36.4 Å². The van der Waals surface area contributed by atoms with E-state index >= 15 is 0 Å². The molecular weight excluding hydrogens is 430 g/mol. The average molecular weight is 452 g/mol. The van der Waals surface area contributed by atoms with Crippen molar-refractivity contribution in [2.75, 3.05) is 19.8 Å². The first-order valence-corrected chi connectivity index (χ1v) is 10.7. The Hall–Kier alpha value is -3.77. The molecule has 1 amide bonds. The fraction of sp³-hybridized carbons (Fsp3) is 0.217. The number of hydrogen-bond donors (Lipinski definition) is 1. The van der Waals surface area contributed by atoms with Gasteiger partial charge in [0.2, 0.25) is 0 Å². The minimum absolute atomic E-state index is 0.0940. The molecule has 0 spiro atoms. The highest BCUT2D eigenvalue weighted by atomic mass is 32.2. The quantitative estimate of drug-likeness (QED) is 0.595. The van der Waals surface area contributed by atoms with Crippen molar-refractivity contribution in [2.45, 2.75) is 13.8 Å². The zero-order valence-electron chi connectivity index (χ0n) is 17.6. The third-order valence-electron chi connectivity index (χ3n) is 4.38. The van der Waals surface area contributed by atoms with Gasteiger partial charge in [-0.05, 0) is 67.6 Å². The van der Waals surface area contributed by atoms with E-state index in [1.807, 2.05) is 19.9 Å². The molecule has 8 nitrogen and oxygen atoms in total. The number of amides is 1. The van der Waals surface area contributed by atoms with Gasteiger partial charge in [0.1, 0.15) is 6.07 Å². The molecule has 0 bridgehead atoms. The van der Waals surface area contributed by atoms with Crippen molar-refractivity contribution in [3.63, 3.8) is 0 Å². The molecule has 1 aliphatic heterocycles. The van der Waals surface area contributed by atoms with E-state index < -0.39 is 5.97 Å². The minimum Gasteiger partial charge on any atom is -0.490 e. The summed E-state index contributed by atoms with van der Waals surface area (Å²) in [4.78, 5) is 30.6. The van der Waals surface area contributed by atoms with Gasteiger partial charge in [0.05, 0.1) is 22.8 Å². The number of carboxylic acid groups (broad SMARTS) is 1. The summed E-state index contributed by atoms with van der Waals surface area (Å²) in [6, 6.07) is 13.4. The Morgan fingerprint density at radius 3 is 2.72 bits per heavy atom. The molecule has 0 atom stereocenters. The number of carbonyl (C=O) groups is 2. The molecule has 32 heavy (non-hydrogen) atoms. The second-order valence-corrected chi connectivity index (χ2v) is 7.50. The minimum atomic E-state index is -1.04. The molecule has 9 heteroatoms. The average Bonchev–Trinajstić information content (AvgIpc) is 3.07. The number of benzene rings is 2. The lowest BCUT2D eigenvalue weighted by Crippen LogP contribution is -2.28. The highest BCUT2D eigenvalue weighted by Gasteiger charge is 2.32. The third-order valence-corrected chi connectivity index (χ3v) is 5.39. The van der Waals surface area contributed by atoms with Gasteiger partial charge in [0, 0.05) is 6.54 Å². The van der Waals surface area contributed by atoms with E-state index in [-0.39, 0.29) is 18.1 Å². The van der Waals surface area contributed by atoms with Crippen molar-refractivity contribution >= 4 is 40.6 Å². The van der Waals surface area contributed by atoms with E-state index in [1.165, 1.54) is 28.8 Å². The molecule has 0 radical (unpaired) electrons. The second kappa shape index (κ2) is 10.5. The Morgan fingerprint density at radius 2 is 2.03 bits per heavy atom. The van der Waals surface area contributed by atoms with Gasteiger partial charge in [-0.3, -0.25) is 9.69 Å². The zero-order chi connectivity index (χ0) is 23.1. The number of hydrogen-bond acceptors (Lipinski definition) is 7. The highest BCUT2D eigenvalue weighted by Crippen LogP contribution is 2.36. The van der Waals surface area contributed by atoms with Gasteiger partial charge in [-0.15, -0.1) is 0 Å². The summed E-state index contributed by atoms with van der Waals surface area (Å²) in [7, 11) is 0. The molecule has 1 heterocycles. The SMILES string of the molecule is CCOc1cc(/C=C2/SC(=Nc3cccc(C(=O)O)c3)N(CC)C2=O)ccc1OCC#N. The van der Waals surface area contributed by atoms with Crippen LogP contribution in [0.3, 0.4) is 0 Å². The van der Waals surface area contributed by atoms with E-state index in [9.17, 15) is 14.7 Å². The molecule has 0 unspecified atom stereocenters. The number of carboxylic acids is 1. The van der Waals surface area contributed by atoms with Crippen LogP contribution in [-0.4, -0.2) is 46.8 Å². The lowest BCUT2D eigenvalue weighted by atomic mass is 10.2. The normalized spacial score (nSPS) is 15.8. The Kier molecular flexibility index (Phi) is 7.52. The standard InChI is InChI=1S/C23H21N3O5S/c1-3-26-21(27)20(32-23(26)25-17-7-5-6-16(14-17)22(28)29)13-15-8-9-18(31-11-10-24)19(12-15)30-4-2/h5-9,12-14H,3-4,11H2,1-2H3,(H,28,29)/b20-13+,25-23?. The maximum atomic E-state index is 12.9. The van der Waals surface area contributed by atoms with Crippen molar-refractivity contribution in [1.29, 1.82) is 5.26 Å². The topological polar surface area (TPSA) is 112 Å². The molecule has 2 aromatic carbocycles. The molecule has 1 fully saturated rings. The van der Waals surface area contributed by atoms with Crippen molar-refractivity contribution in [3.8, 4) is 17.6 Å². The summed E-state index contributed by atoms with van der Waals surface area (Å²) in [5.41, 5.74) is 1.32. The van der Waals surface area contributed by atoms with E-state index in [4.69, 9.17) is 14.7 Å². The number of carbonyl (C=O) groups excluding carboxylic acids is 1. The highest BCUT2D eigenvalue weighted by molar-refractivity contribution is 8.18. The van der Waals surface area contributed by atoms with Gasteiger partial charge < -0.3 is 14.6 Å². The monoisotopic (exact) mass is 451 g/mol. The molecule has 1 saturated heterocycles. The van der Waals surface area contributed by atoms with Crippen LogP contribution in [0.2, 0.25) is 0 Å². The molecule has 1 N–H and O–H groups in total. The van der Waals surface area contributed by atoms with Crippen molar-refractivity contribution in [3.05, 3.63) is 58.5 Å². The van der Waals surface area contributed by atoms with Crippen LogP contribution in [0.5, 0.6) is 11.5 Å². The van der Waals surface area contributed by atoms with Crippen LogP contribution in [0, 0.1) is 11.3 Å². The lowest BCUT2D eigenvalue weighted by Gasteiger charge is -2.12. The lowest BCUT2D eigenvalue weighted by molar-refractivity contribution is -0.122. The predicted octanol–water partition coefficient (Wildman–Crippen LogP) is 4.31. The van der Waals surface area contributed by atoms with E-state index in [2.05, 4.69) is 4.99 Å². The first-order chi connectivity index (χ1) is 15.5. The number of thioether (sulfide) groups is 1. The van der Waals surface area contributed by atoms with Gasteiger partial charge in [-0.1, -0.05) is 12.1 Å². The Labute approximate surface area is 189 Å². The summed E-state index contributed by atoms with van der Waals surface area (Å²) in [5, 5.41) is 18.4. The first-order valence-electron chi connectivity index (χ1n) is 9.86. The summed E-state index contributed by atoms with van der Waals surface area (Å²) in [6.45, 7) is 4.44. The number of nitrogens with zero attached hydrogens (tertiary/aromatic N) is 3. The Bertz CT molecular complexity index is 1140. The van der Waals surface area contributed by atoms with Crippen molar-refractivity contribution in [1.82, 2.24) is 4.90 Å². The van der Waals surface area contributed by atoms with Crippen LogP contribution in [0.15, 0.2) is 52.4 Å². The molecule has 1 aliphatic rings. The number of amidine groups is 1. The molecular formula is C23H21N3O5S. The maximum absolute atomic E-state index is 12.9. The number of rotatable bonds is 8. The fourth-order valence-electron chi connectivity index (χ4n) is 2.95. The molecule has 164 valence electrons. The summed E-state index contributed by atoms with van der Waals surface area (Å²) in [6.07, 6.45) is 1.74. The van der Waals surface area contributed by atoms with Crippen LogP contribution in [0.25, 0.3) is 6.08 Å². The second-order valence-electron chi connectivity index (χ2n) is 6.50. The number of ether oxygens (including phenoxy) is 2. The number of likely N-dealkylation sites (N-methyl/N-ethyl adjacent to an activating group) is 1. The number of aromatic carboxylic acids is 1. The first kappa shape index (κ1) is 22.9. The number of nitriles is 1. The van der Waals surface area contributed by atoms with Crippen LogP contribution in [0.1, 0.15) is 29.8 Å². The molecule has 0 saturated carbocycles. The van der Waals surface area contributed by atoms with Crippen LogP contribution in [0.4, 0.5) is 5.69 Å². The van der Waals surface area contributed by atoms with Crippen LogP contribution >= 0.6 is 11.8 Å². The zero-order valence-corrected chi connectivity index (χ0v) is 18.4. The Morgan fingerprint density at radius 1 is 1.22 bits per heavy atom. The largest absolute Gasteiger partial charge is 0.490 e. The van der Waals surface area contributed by atoms with Crippen molar-refractivity contribution in [2.24, 2.45) is 4.99 Å².